The first kappa shape index (κ1) is 13.1. The summed E-state index contributed by atoms with van der Waals surface area (Å²) in [7, 11) is 0. The van der Waals surface area contributed by atoms with Crippen LogP contribution in [0.4, 0.5) is 4.39 Å². The lowest BCUT2D eigenvalue weighted by atomic mass is 9.95. The van der Waals surface area contributed by atoms with Gasteiger partial charge in [-0.15, -0.1) is 0 Å². The number of hydrogen-bond donors (Lipinski definition) is 1. The molecule has 0 bridgehead atoms. The van der Waals surface area contributed by atoms with Gasteiger partial charge in [0.05, 0.1) is 0 Å². The maximum atomic E-state index is 14.0. The van der Waals surface area contributed by atoms with E-state index in [1.54, 1.807) is 6.07 Å². The topological polar surface area (TPSA) is 38.7 Å². The van der Waals surface area contributed by atoms with E-state index in [1.165, 1.54) is 13.8 Å². The number of halogens is 1. The molecule has 1 heterocycles. The van der Waals surface area contributed by atoms with E-state index in [-0.39, 0.29) is 6.61 Å². The molecule has 18 heavy (non-hydrogen) atoms. The second kappa shape index (κ2) is 5.14. The summed E-state index contributed by atoms with van der Waals surface area (Å²) in [6.45, 7) is 4.15. The number of hydrogen-bond acceptors (Lipinski definition) is 3. The zero-order chi connectivity index (χ0) is 13.2. The molecule has 0 fully saturated rings. The van der Waals surface area contributed by atoms with Crippen molar-refractivity contribution in [2.24, 2.45) is 0 Å². The van der Waals surface area contributed by atoms with Crippen LogP contribution in [0.5, 0.6) is 11.5 Å². The van der Waals surface area contributed by atoms with E-state index in [2.05, 4.69) is 0 Å². The molecule has 1 aliphatic heterocycles. The lowest BCUT2D eigenvalue weighted by Crippen LogP contribution is -2.19. The van der Waals surface area contributed by atoms with E-state index in [1.807, 2.05) is 6.07 Å². The molecule has 1 aliphatic rings. The molecule has 0 spiro atoms. The molecule has 3 nitrogen and oxygen atoms in total. The molecule has 1 aromatic rings. The summed E-state index contributed by atoms with van der Waals surface area (Å²) < 4.78 is 25.2. The van der Waals surface area contributed by atoms with E-state index in [0.29, 0.717) is 43.1 Å². The predicted octanol–water partition coefficient (Wildman–Crippen LogP) is 2.59. The van der Waals surface area contributed by atoms with Gasteiger partial charge in [0.25, 0.3) is 0 Å². The van der Waals surface area contributed by atoms with Gasteiger partial charge >= 0.3 is 0 Å². The predicted molar refractivity (Wildman–Crippen MR) is 67.0 cm³/mol. The van der Waals surface area contributed by atoms with Crippen LogP contribution >= 0.6 is 0 Å². The van der Waals surface area contributed by atoms with Crippen LogP contribution < -0.4 is 9.47 Å². The molecule has 0 atom stereocenters. The van der Waals surface area contributed by atoms with Crippen LogP contribution in [-0.2, 0) is 12.1 Å². The standard InChI is InChI=1S/C14H19FO3/c1-14(2,15)11-8-10(4-3-5-16)13-12(9-11)17-6-7-18-13/h8-9,16H,3-7H2,1-2H3. The van der Waals surface area contributed by atoms with Crippen LogP contribution in [-0.4, -0.2) is 24.9 Å². The maximum absolute atomic E-state index is 14.0. The van der Waals surface area contributed by atoms with Gasteiger partial charge in [0.1, 0.15) is 18.9 Å². The van der Waals surface area contributed by atoms with E-state index >= 15 is 0 Å². The molecule has 2 rings (SSSR count). The van der Waals surface area contributed by atoms with E-state index in [4.69, 9.17) is 14.6 Å². The zero-order valence-corrected chi connectivity index (χ0v) is 10.8. The smallest absolute Gasteiger partial charge is 0.164 e. The fourth-order valence-corrected chi connectivity index (χ4v) is 2.02. The lowest BCUT2D eigenvalue weighted by Gasteiger charge is -2.24. The number of benzene rings is 1. The maximum Gasteiger partial charge on any atom is 0.164 e. The van der Waals surface area contributed by atoms with Crippen molar-refractivity contribution in [1.82, 2.24) is 0 Å². The second-order valence-electron chi connectivity index (χ2n) is 4.96. The third-order valence-corrected chi connectivity index (χ3v) is 3.01. The minimum absolute atomic E-state index is 0.110. The summed E-state index contributed by atoms with van der Waals surface area (Å²) in [5.41, 5.74) is 0.0748. The minimum Gasteiger partial charge on any atom is -0.486 e. The van der Waals surface area contributed by atoms with Crippen LogP contribution in [0.1, 0.15) is 31.4 Å². The van der Waals surface area contributed by atoms with Crippen molar-refractivity contribution in [3.05, 3.63) is 23.3 Å². The van der Waals surface area contributed by atoms with Gasteiger partial charge < -0.3 is 14.6 Å². The summed E-state index contributed by atoms with van der Waals surface area (Å²) >= 11 is 0. The molecule has 4 heteroatoms. The van der Waals surface area contributed by atoms with Crippen molar-refractivity contribution in [2.45, 2.75) is 32.4 Å². The van der Waals surface area contributed by atoms with Crippen LogP contribution in [0.3, 0.4) is 0 Å². The fraction of sp³-hybridized carbons (Fsp3) is 0.571. The van der Waals surface area contributed by atoms with Gasteiger partial charge in [0, 0.05) is 6.61 Å². The molecule has 1 aromatic carbocycles. The van der Waals surface area contributed by atoms with Gasteiger partial charge in [0.2, 0.25) is 0 Å². The number of aryl methyl sites for hydroxylation is 1. The highest BCUT2D eigenvalue weighted by Crippen LogP contribution is 2.39. The highest BCUT2D eigenvalue weighted by Gasteiger charge is 2.25. The molecule has 0 radical (unpaired) electrons. The van der Waals surface area contributed by atoms with Crippen molar-refractivity contribution in [1.29, 1.82) is 0 Å². The Labute approximate surface area is 107 Å². The van der Waals surface area contributed by atoms with Crippen LogP contribution in [0.2, 0.25) is 0 Å². The van der Waals surface area contributed by atoms with Crippen molar-refractivity contribution in [3.63, 3.8) is 0 Å². The van der Waals surface area contributed by atoms with Crippen molar-refractivity contribution >= 4 is 0 Å². The Morgan fingerprint density at radius 3 is 2.67 bits per heavy atom. The van der Waals surface area contributed by atoms with Crippen molar-refractivity contribution < 1.29 is 19.0 Å². The summed E-state index contributed by atoms with van der Waals surface area (Å²) in [6.07, 6.45) is 1.29. The number of rotatable bonds is 4. The van der Waals surface area contributed by atoms with E-state index in [0.717, 1.165) is 5.56 Å². The Kier molecular flexibility index (Phi) is 3.76. The third-order valence-electron chi connectivity index (χ3n) is 3.01. The average Bonchev–Trinajstić information content (AvgIpc) is 2.34. The van der Waals surface area contributed by atoms with Gasteiger partial charge in [-0.3, -0.25) is 0 Å². The first-order valence-corrected chi connectivity index (χ1v) is 6.25. The zero-order valence-electron chi connectivity index (χ0n) is 10.8. The lowest BCUT2D eigenvalue weighted by molar-refractivity contribution is 0.167. The largest absolute Gasteiger partial charge is 0.486 e. The Morgan fingerprint density at radius 2 is 2.00 bits per heavy atom. The Balaban J connectivity index is 2.41. The molecule has 0 saturated heterocycles. The Bertz CT molecular complexity index is 424. The summed E-state index contributed by atoms with van der Waals surface area (Å²) in [6, 6.07) is 3.51. The molecule has 100 valence electrons. The average molecular weight is 254 g/mol. The van der Waals surface area contributed by atoms with Crippen molar-refractivity contribution in [3.8, 4) is 11.5 Å². The molecule has 0 amide bonds. The van der Waals surface area contributed by atoms with E-state index < -0.39 is 5.67 Å². The summed E-state index contributed by atoms with van der Waals surface area (Å²) in [5, 5.41) is 8.91. The van der Waals surface area contributed by atoms with Gasteiger partial charge in [-0.25, -0.2) is 4.39 Å². The SMILES string of the molecule is CC(C)(F)c1cc(CCCO)c2c(c1)OCCO2. The number of aliphatic hydroxyl groups is 1. The van der Waals surface area contributed by atoms with Crippen LogP contribution in [0.25, 0.3) is 0 Å². The highest BCUT2D eigenvalue weighted by molar-refractivity contribution is 5.51. The van der Waals surface area contributed by atoms with Gasteiger partial charge in [-0.2, -0.15) is 0 Å². The van der Waals surface area contributed by atoms with Crippen LogP contribution in [0.15, 0.2) is 12.1 Å². The molecule has 1 N–H and O–H groups in total. The van der Waals surface area contributed by atoms with Gasteiger partial charge in [-0.1, -0.05) is 0 Å². The number of ether oxygens (including phenoxy) is 2. The minimum atomic E-state index is -1.41. The Morgan fingerprint density at radius 1 is 1.28 bits per heavy atom. The first-order chi connectivity index (χ1) is 8.52. The highest BCUT2D eigenvalue weighted by atomic mass is 19.1. The number of fused-ring (bicyclic) bond motifs is 1. The molecular formula is C14H19FO3. The second-order valence-corrected chi connectivity index (χ2v) is 4.96. The third kappa shape index (κ3) is 2.75. The monoisotopic (exact) mass is 254 g/mol. The summed E-state index contributed by atoms with van der Waals surface area (Å²) in [5.74, 6) is 1.31. The molecule has 0 aromatic heterocycles. The van der Waals surface area contributed by atoms with Gasteiger partial charge in [-0.05, 0) is 49.9 Å². The molecule has 0 saturated carbocycles. The van der Waals surface area contributed by atoms with E-state index in [9.17, 15) is 4.39 Å². The van der Waals surface area contributed by atoms with Gasteiger partial charge in [0.15, 0.2) is 11.5 Å². The van der Waals surface area contributed by atoms with Crippen molar-refractivity contribution in [2.75, 3.05) is 19.8 Å². The normalized spacial score (nSPS) is 14.7. The van der Waals surface area contributed by atoms with Crippen LogP contribution in [0, 0.1) is 0 Å². The molecular weight excluding hydrogens is 235 g/mol. The fourth-order valence-electron chi connectivity index (χ4n) is 2.02. The first-order valence-electron chi connectivity index (χ1n) is 6.25. The number of aliphatic hydroxyl groups excluding tert-OH is 1. The quantitative estimate of drug-likeness (QED) is 0.897. The molecule has 0 aliphatic carbocycles. The molecule has 0 unspecified atom stereocenters. The summed E-state index contributed by atoms with van der Waals surface area (Å²) in [4.78, 5) is 0. The number of alkyl halides is 1. The Hall–Kier alpha value is -1.29.